The van der Waals surface area contributed by atoms with Gasteiger partial charge in [-0.1, -0.05) is 23.7 Å². The summed E-state index contributed by atoms with van der Waals surface area (Å²) in [6.07, 6.45) is -4.75. The van der Waals surface area contributed by atoms with Crippen LogP contribution < -0.4 is 0 Å². The third-order valence-corrected chi connectivity index (χ3v) is 7.70. The van der Waals surface area contributed by atoms with Crippen molar-refractivity contribution in [1.82, 2.24) is 14.7 Å². The molecule has 1 aliphatic carbocycles. The molecule has 204 valence electrons. The normalized spacial score (nSPS) is 16.0. The van der Waals surface area contributed by atoms with Gasteiger partial charge in [0.05, 0.1) is 46.6 Å². The summed E-state index contributed by atoms with van der Waals surface area (Å²) in [6.45, 7) is 1.56. The van der Waals surface area contributed by atoms with Gasteiger partial charge in [0.15, 0.2) is 0 Å². The lowest BCUT2D eigenvalue weighted by Gasteiger charge is -2.27. The summed E-state index contributed by atoms with van der Waals surface area (Å²) in [5, 5.41) is 4.19. The molecular weight excluding hydrogens is 542 g/mol. The van der Waals surface area contributed by atoms with Crippen molar-refractivity contribution in [2.24, 2.45) is 0 Å². The maximum atomic E-state index is 15.2. The Balaban J connectivity index is 1.68. The molecule has 12 heteroatoms. The Hall–Kier alpha value is -3.73. The number of benzene rings is 2. The molecule has 1 aromatic heterocycles. The standard InChI is InChI=1S/C27H22ClF4N3O4/c1-14(36)34-11-8-17-21(13-34)35(33-23(17)16-7-6-15(12-20(16)29)25(38)39-2)24(37)22-18(4-3-5-19(22)28)26(9-10-26)27(30,31)32/h3-7,12H,8-11,13H2,1-2H3. The Bertz CT molecular complexity index is 1530. The molecule has 7 nitrogen and oxygen atoms in total. The Kier molecular flexibility index (Phi) is 6.53. The highest BCUT2D eigenvalue weighted by molar-refractivity contribution is 6.34. The van der Waals surface area contributed by atoms with Crippen molar-refractivity contribution >= 4 is 29.4 Å². The van der Waals surface area contributed by atoms with Crippen molar-refractivity contribution in [3.8, 4) is 11.3 Å². The zero-order valence-electron chi connectivity index (χ0n) is 20.9. The van der Waals surface area contributed by atoms with Crippen LogP contribution in [0.1, 0.15) is 57.3 Å². The average Bonchev–Trinajstić information content (AvgIpc) is 3.64. The topological polar surface area (TPSA) is 81.5 Å². The van der Waals surface area contributed by atoms with Crippen LogP contribution in [0.5, 0.6) is 0 Å². The molecule has 2 heterocycles. The van der Waals surface area contributed by atoms with Crippen molar-refractivity contribution in [3.05, 3.63) is 75.2 Å². The van der Waals surface area contributed by atoms with Gasteiger partial charge in [-0.05, 0) is 49.1 Å². The van der Waals surface area contributed by atoms with Crippen LogP contribution in [0.3, 0.4) is 0 Å². The van der Waals surface area contributed by atoms with E-state index in [1.54, 1.807) is 0 Å². The number of rotatable bonds is 4. The van der Waals surface area contributed by atoms with Crippen LogP contribution in [-0.4, -0.2) is 52.3 Å². The molecular formula is C27H22ClF4N3O4. The number of ether oxygens (including phenoxy) is 1. The number of esters is 1. The minimum Gasteiger partial charge on any atom is -0.465 e. The summed E-state index contributed by atoms with van der Waals surface area (Å²) in [5.74, 6) is -2.74. The molecule has 0 atom stereocenters. The van der Waals surface area contributed by atoms with Crippen LogP contribution in [-0.2, 0) is 27.9 Å². The number of carbonyl (C=O) groups excluding carboxylic acids is 3. The van der Waals surface area contributed by atoms with Crippen molar-refractivity contribution in [3.63, 3.8) is 0 Å². The Labute approximate surface area is 225 Å². The fourth-order valence-electron chi connectivity index (χ4n) is 5.10. The van der Waals surface area contributed by atoms with Gasteiger partial charge in [-0.3, -0.25) is 9.59 Å². The molecule has 1 aliphatic heterocycles. The number of halogens is 5. The van der Waals surface area contributed by atoms with Crippen molar-refractivity contribution in [2.75, 3.05) is 13.7 Å². The zero-order chi connectivity index (χ0) is 28.3. The second-order valence-corrected chi connectivity index (χ2v) is 10.0. The molecule has 2 aliphatic rings. The molecule has 5 rings (SSSR count). The first-order valence-electron chi connectivity index (χ1n) is 12.0. The second kappa shape index (κ2) is 9.48. The highest BCUT2D eigenvalue weighted by atomic mass is 35.5. The van der Waals surface area contributed by atoms with E-state index in [0.29, 0.717) is 5.56 Å². The molecule has 0 unspecified atom stereocenters. The first-order chi connectivity index (χ1) is 18.4. The highest BCUT2D eigenvalue weighted by Gasteiger charge is 2.65. The summed E-state index contributed by atoms with van der Waals surface area (Å²) < 4.78 is 62.9. The van der Waals surface area contributed by atoms with Crippen LogP contribution in [0.25, 0.3) is 11.3 Å². The van der Waals surface area contributed by atoms with Gasteiger partial charge in [0.25, 0.3) is 5.91 Å². The lowest BCUT2D eigenvalue weighted by Crippen LogP contribution is -2.36. The summed E-state index contributed by atoms with van der Waals surface area (Å²) in [7, 11) is 1.16. The van der Waals surface area contributed by atoms with E-state index in [1.807, 2.05) is 0 Å². The van der Waals surface area contributed by atoms with Crippen LogP contribution in [0.4, 0.5) is 17.6 Å². The molecule has 3 aromatic rings. The van der Waals surface area contributed by atoms with Gasteiger partial charge in [0, 0.05) is 24.6 Å². The lowest BCUT2D eigenvalue weighted by molar-refractivity contribution is -0.160. The van der Waals surface area contributed by atoms with Gasteiger partial charge in [0.2, 0.25) is 5.91 Å². The van der Waals surface area contributed by atoms with E-state index >= 15 is 4.39 Å². The number of amides is 1. The first-order valence-corrected chi connectivity index (χ1v) is 12.4. The highest BCUT2D eigenvalue weighted by Crippen LogP contribution is 2.60. The molecule has 0 bridgehead atoms. The minimum atomic E-state index is -4.60. The van der Waals surface area contributed by atoms with Gasteiger partial charge in [-0.15, -0.1) is 0 Å². The summed E-state index contributed by atoms with van der Waals surface area (Å²) in [4.78, 5) is 39.4. The molecule has 1 fully saturated rings. The average molecular weight is 564 g/mol. The predicted molar refractivity (Wildman–Crippen MR) is 132 cm³/mol. The maximum Gasteiger partial charge on any atom is 0.398 e. The van der Waals surface area contributed by atoms with Crippen LogP contribution >= 0.6 is 11.6 Å². The number of alkyl halides is 3. The molecule has 0 N–H and O–H groups in total. The zero-order valence-corrected chi connectivity index (χ0v) is 21.6. The monoisotopic (exact) mass is 563 g/mol. The van der Waals surface area contributed by atoms with Gasteiger partial charge >= 0.3 is 12.1 Å². The van der Waals surface area contributed by atoms with Crippen LogP contribution in [0, 0.1) is 5.82 Å². The van der Waals surface area contributed by atoms with Gasteiger partial charge in [-0.2, -0.15) is 23.0 Å². The fourth-order valence-corrected chi connectivity index (χ4v) is 5.35. The summed E-state index contributed by atoms with van der Waals surface area (Å²) >= 11 is 6.33. The van der Waals surface area contributed by atoms with E-state index in [4.69, 9.17) is 11.6 Å². The number of methoxy groups -OCH3 is 1. The number of aromatic nitrogens is 2. The fraction of sp³-hybridized carbons (Fsp3) is 0.333. The van der Waals surface area contributed by atoms with Gasteiger partial charge < -0.3 is 9.64 Å². The van der Waals surface area contributed by atoms with Crippen LogP contribution in [0.15, 0.2) is 36.4 Å². The number of carbonyl (C=O) groups is 3. The molecule has 39 heavy (non-hydrogen) atoms. The minimum absolute atomic E-state index is 0.0185. The first kappa shape index (κ1) is 26.9. The van der Waals surface area contributed by atoms with Gasteiger partial charge in [-0.25, -0.2) is 9.18 Å². The van der Waals surface area contributed by atoms with E-state index in [0.717, 1.165) is 17.9 Å². The molecule has 1 saturated carbocycles. The Morgan fingerprint density at radius 2 is 1.85 bits per heavy atom. The summed E-state index contributed by atoms with van der Waals surface area (Å²) in [5.41, 5.74) is -2.03. The van der Waals surface area contributed by atoms with Crippen LogP contribution in [0.2, 0.25) is 5.02 Å². The Morgan fingerprint density at radius 1 is 1.13 bits per heavy atom. The largest absolute Gasteiger partial charge is 0.465 e. The summed E-state index contributed by atoms with van der Waals surface area (Å²) in [6, 6.07) is 7.57. The van der Waals surface area contributed by atoms with E-state index < -0.39 is 29.3 Å². The molecule has 0 saturated heterocycles. The number of nitrogens with zero attached hydrogens (tertiary/aromatic N) is 3. The third-order valence-electron chi connectivity index (χ3n) is 7.38. The smallest absolute Gasteiger partial charge is 0.398 e. The molecule has 0 radical (unpaired) electrons. The maximum absolute atomic E-state index is 15.2. The van der Waals surface area contributed by atoms with E-state index in [-0.39, 0.29) is 76.9 Å². The Morgan fingerprint density at radius 3 is 2.44 bits per heavy atom. The van der Waals surface area contributed by atoms with Crippen molar-refractivity contribution in [1.29, 1.82) is 0 Å². The quantitative estimate of drug-likeness (QED) is 0.317. The molecule has 0 spiro atoms. The molecule has 1 amide bonds. The lowest BCUT2D eigenvalue weighted by atomic mass is 9.90. The SMILES string of the molecule is COC(=O)c1ccc(-c2nn(C(=O)c3c(Cl)cccc3C3(C(F)(F)F)CC3)c3c2CCN(C(C)=O)C3)c(F)c1. The van der Waals surface area contributed by atoms with E-state index in [2.05, 4.69) is 9.84 Å². The van der Waals surface area contributed by atoms with Crippen molar-refractivity contribution in [2.45, 2.75) is 44.3 Å². The van der Waals surface area contributed by atoms with Crippen molar-refractivity contribution < 1.29 is 36.7 Å². The van der Waals surface area contributed by atoms with Gasteiger partial charge in [0.1, 0.15) is 5.82 Å². The number of hydrogen-bond donors (Lipinski definition) is 0. The third kappa shape index (κ3) is 4.38. The predicted octanol–water partition coefficient (Wildman–Crippen LogP) is 5.32. The number of hydrogen-bond acceptors (Lipinski definition) is 5. The second-order valence-electron chi connectivity index (χ2n) is 9.61. The van der Waals surface area contributed by atoms with E-state index in [1.165, 1.54) is 42.2 Å². The number of fused-ring (bicyclic) bond motifs is 1. The van der Waals surface area contributed by atoms with E-state index in [9.17, 15) is 27.6 Å². The molecule has 2 aromatic carbocycles.